The van der Waals surface area contributed by atoms with E-state index in [9.17, 15) is 19.5 Å². The number of rotatable bonds is 7. The van der Waals surface area contributed by atoms with Crippen LogP contribution in [-0.4, -0.2) is 73.0 Å². The van der Waals surface area contributed by atoms with Gasteiger partial charge in [0.25, 0.3) is 0 Å². The van der Waals surface area contributed by atoms with Crippen molar-refractivity contribution in [1.29, 1.82) is 0 Å². The van der Waals surface area contributed by atoms with Crippen LogP contribution in [0.1, 0.15) is 20.8 Å². The van der Waals surface area contributed by atoms with Crippen LogP contribution in [0.15, 0.2) is 33.0 Å². The SMILES string of the molecule is CC(C)(C)OC(=O)NCCSc1cncc(SC2=C(C(=O)O)N3C(=O)[C@@H](N)[C@@H]3SC2)n1. The lowest BCUT2D eigenvalue weighted by molar-refractivity contribution is -0.147. The molecule has 0 spiro atoms. The summed E-state index contributed by atoms with van der Waals surface area (Å²) in [6.07, 6.45) is 2.66. The average Bonchev–Trinajstić information content (AvgIpc) is 2.69. The fourth-order valence-corrected chi connectivity index (χ4v) is 5.91. The maximum Gasteiger partial charge on any atom is 0.407 e. The third-order valence-corrected chi connectivity index (χ3v) is 7.39. The minimum atomic E-state index is -1.17. The van der Waals surface area contributed by atoms with Crippen molar-refractivity contribution < 1.29 is 24.2 Å². The molecule has 0 radical (unpaired) electrons. The van der Waals surface area contributed by atoms with E-state index in [-0.39, 0.29) is 17.0 Å². The number of carboxylic acid groups (broad SMARTS) is 1. The molecular formula is C18H23N5O5S3. The Labute approximate surface area is 192 Å². The highest BCUT2D eigenvalue weighted by atomic mass is 32.2. The lowest BCUT2D eigenvalue weighted by Crippen LogP contribution is -2.68. The molecular weight excluding hydrogens is 462 g/mol. The Morgan fingerprint density at radius 2 is 2.10 bits per heavy atom. The predicted octanol–water partition coefficient (Wildman–Crippen LogP) is 1.72. The van der Waals surface area contributed by atoms with E-state index in [0.29, 0.717) is 33.0 Å². The molecule has 2 atom stereocenters. The Kier molecular flexibility index (Phi) is 7.39. The topological polar surface area (TPSA) is 148 Å². The number of hydrogen-bond donors (Lipinski definition) is 3. The fraction of sp³-hybridized carbons (Fsp3) is 0.500. The van der Waals surface area contributed by atoms with Gasteiger partial charge in [0.05, 0.1) is 12.4 Å². The maximum atomic E-state index is 12.0. The largest absolute Gasteiger partial charge is 0.477 e. The summed E-state index contributed by atoms with van der Waals surface area (Å²) in [5, 5.41) is 13.1. The maximum absolute atomic E-state index is 12.0. The van der Waals surface area contributed by atoms with Gasteiger partial charge in [-0.05, 0) is 20.8 Å². The summed E-state index contributed by atoms with van der Waals surface area (Å²) in [5.74, 6) is -0.573. The highest BCUT2D eigenvalue weighted by molar-refractivity contribution is 8.06. The van der Waals surface area contributed by atoms with Crippen molar-refractivity contribution in [2.24, 2.45) is 5.73 Å². The minimum absolute atomic E-state index is 0.0399. The molecule has 2 amide bonds. The number of aliphatic carboxylic acids is 1. The van der Waals surface area contributed by atoms with E-state index in [1.807, 2.05) is 0 Å². The van der Waals surface area contributed by atoms with Crippen LogP contribution in [0.25, 0.3) is 0 Å². The first kappa shape index (κ1) is 23.7. The van der Waals surface area contributed by atoms with E-state index < -0.39 is 23.7 Å². The quantitative estimate of drug-likeness (QED) is 0.294. The van der Waals surface area contributed by atoms with Crippen molar-refractivity contribution >= 4 is 53.3 Å². The molecule has 0 bridgehead atoms. The van der Waals surface area contributed by atoms with Crippen LogP contribution in [-0.2, 0) is 14.3 Å². The minimum Gasteiger partial charge on any atom is -0.477 e. The Bertz CT molecular complexity index is 920. The van der Waals surface area contributed by atoms with E-state index in [1.54, 1.807) is 33.2 Å². The molecule has 0 saturated carbocycles. The van der Waals surface area contributed by atoms with Crippen molar-refractivity contribution in [2.75, 3.05) is 18.1 Å². The molecule has 3 rings (SSSR count). The van der Waals surface area contributed by atoms with Gasteiger partial charge in [-0.2, -0.15) is 0 Å². The van der Waals surface area contributed by atoms with Gasteiger partial charge in [0.2, 0.25) is 5.91 Å². The fourth-order valence-electron chi connectivity index (χ4n) is 2.76. The predicted molar refractivity (Wildman–Crippen MR) is 119 cm³/mol. The number of carboxylic acids is 1. The number of ether oxygens (including phenoxy) is 1. The van der Waals surface area contributed by atoms with Crippen molar-refractivity contribution in [3.8, 4) is 0 Å². The van der Waals surface area contributed by atoms with E-state index in [4.69, 9.17) is 10.5 Å². The molecule has 1 fully saturated rings. The van der Waals surface area contributed by atoms with E-state index in [2.05, 4.69) is 15.3 Å². The number of amides is 2. The number of carbonyl (C=O) groups is 3. The van der Waals surface area contributed by atoms with Crippen LogP contribution in [0.3, 0.4) is 0 Å². The third kappa shape index (κ3) is 5.84. The van der Waals surface area contributed by atoms with Crippen LogP contribution < -0.4 is 11.1 Å². The summed E-state index contributed by atoms with van der Waals surface area (Å²) >= 11 is 4.01. The van der Waals surface area contributed by atoms with Gasteiger partial charge >= 0.3 is 12.1 Å². The third-order valence-electron chi connectivity index (χ3n) is 4.02. The molecule has 2 aliphatic heterocycles. The van der Waals surface area contributed by atoms with Crippen LogP contribution in [0.5, 0.6) is 0 Å². The zero-order chi connectivity index (χ0) is 22.8. The van der Waals surface area contributed by atoms with Gasteiger partial charge in [0, 0.05) is 23.0 Å². The van der Waals surface area contributed by atoms with Gasteiger partial charge in [-0.3, -0.25) is 14.7 Å². The second kappa shape index (κ2) is 9.67. The molecule has 13 heteroatoms. The number of thioether (sulfide) groups is 3. The summed E-state index contributed by atoms with van der Waals surface area (Å²) in [7, 11) is 0. The van der Waals surface area contributed by atoms with E-state index in [0.717, 1.165) is 0 Å². The van der Waals surface area contributed by atoms with Crippen LogP contribution in [0.4, 0.5) is 4.79 Å². The highest BCUT2D eigenvalue weighted by Gasteiger charge is 2.51. The first-order valence-electron chi connectivity index (χ1n) is 9.33. The summed E-state index contributed by atoms with van der Waals surface area (Å²) in [5.41, 5.74) is 5.18. The van der Waals surface area contributed by atoms with Crippen molar-refractivity contribution in [3.05, 3.63) is 23.0 Å². The van der Waals surface area contributed by atoms with Gasteiger partial charge < -0.3 is 20.9 Å². The van der Waals surface area contributed by atoms with Gasteiger partial charge in [0.15, 0.2) is 0 Å². The second-order valence-corrected chi connectivity index (χ2v) is 10.9. The Morgan fingerprint density at radius 3 is 2.77 bits per heavy atom. The second-order valence-electron chi connectivity index (χ2n) is 7.59. The molecule has 3 heterocycles. The van der Waals surface area contributed by atoms with Crippen LogP contribution >= 0.6 is 35.3 Å². The van der Waals surface area contributed by atoms with E-state index >= 15 is 0 Å². The molecule has 1 aromatic rings. The number of nitrogens with zero attached hydrogens (tertiary/aromatic N) is 3. The first-order valence-corrected chi connectivity index (χ1v) is 12.2. The number of β-lactam (4-membered cyclic amide) rings is 1. The molecule has 168 valence electrons. The van der Waals surface area contributed by atoms with Gasteiger partial charge in [-0.1, -0.05) is 11.8 Å². The van der Waals surface area contributed by atoms with Gasteiger partial charge in [-0.25, -0.2) is 14.6 Å². The number of carbonyl (C=O) groups excluding carboxylic acids is 2. The number of fused-ring (bicyclic) bond motifs is 1. The van der Waals surface area contributed by atoms with Gasteiger partial charge in [0.1, 0.15) is 32.8 Å². The molecule has 10 nitrogen and oxygen atoms in total. The van der Waals surface area contributed by atoms with Crippen molar-refractivity contribution in [3.63, 3.8) is 0 Å². The zero-order valence-electron chi connectivity index (χ0n) is 17.2. The molecule has 0 aliphatic carbocycles. The molecule has 31 heavy (non-hydrogen) atoms. The molecule has 1 aromatic heterocycles. The Balaban J connectivity index is 1.59. The van der Waals surface area contributed by atoms with Crippen LogP contribution in [0.2, 0.25) is 0 Å². The number of alkyl carbamates (subject to hydrolysis) is 1. The summed E-state index contributed by atoms with van der Waals surface area (Å²) in [6.45, 7) is 5.77. The molecule has 2 aliphatic rings. The van der Waals surface area contributed by atoms with Crippen LogP contribution in [0, 0.1) is 0 Å². The molecule has 1 saturated heterocycles. The summed E-state index contributed by atoms with van der Waals surface area (Å²) in [6, 6.07) is -0.667. The van der Waals surface area contributed by atoms with Crippen molar-refractivity contribution in [1.82, 2.24) is 20.2 Å². The number of nitrogens with two attached hydrogens (primary N) is 1. The zero-order valence-corrected chi connectivity index (χ0v) is 19.6. The van der Waals surface area contributed by atoms with E-state index in [1.165, 1.54) is 40.2 Å². The number of hydrogen-bond acceptors (Lipinski definition) is 10. The first-order chi connectivity index (χ1) is 14.6. The lowest BCUT2D eigenvalue weighted by Gasteiger charge is -2.47. The lowest BCUT2D eigenvalue weighted by atomic mass is 10.1. The number of nitrogens with one attached hydrogen (secondary N) is 1. The molecule has 0 unspecified atom stereocenters. The molecule has 0 aromatic carbocycles. The standard InChI is InChI=1S/C18H23N5O5S3/c1-18(2,3)28-17(27)21-4-5-29-10-6-20-7-11(22-10)31-9-8-30-15-12(19)14(24)23(15)13(9)16(25)26/h6-7,12,15H,4-5,8,19H2,1-3H3,(H,21,27)(H,25,26)/t12-,15+/m1/s1. The highest BCUT2D eigenvalue weighted by Crippen LogP contribution is 2.44. The normalized spacial score (nSPS) is 20.8. The number of aromatic nitrogens is 2. The van der Waals surface area contributed by atoms with Gasteiger partial charge in [-0.15, -0.1) is 23.5 Å². The van der Waals surface area contributed by atoms with Crippen molar-refractivity contribution in [2.45, 2.75) is 47.8 Å². The monoisotopic (exact) mass is 485 g/mol. The summed E-state index contributed by atoms with van der Waals surface area (Å²) in [4.78, 5) is 45.9. The summed E-state index contributed by atoms with van der Waals surface area (Å²) < 4.78 is 5.18. The Hall–Kier alpha value is -1.96. The molecule has 4 N–H and O–H groups in total. The Morgan fingerprint density at radius 1 is 1.39 bits per heavy atom. The smallest absolute Gasteiger partial charge is 0.407 e. The average molecular weight is 486 g/mol.